The first-order valence-electron chi connectivity index (χ1n) is 6.16. The summed E-state index contributed by atoms with van der Waals surface area (Å²) in [4.78, 5) is 13.0. The van der Waals surface area contributed by atoms with Crippen LogP contribution in [-0.2, 0) is 4.74 Å². The van der Waals surface area contributed by atoms with Crippen molar-refractivity contribution in [2.45, 2.75) is 32.3 Å². The van der Waals surface area contributed by atoms with E-state index < -0.39 is 0 Å². The van der Waals surface area contributed by atoms with E-state index in [0.717, 1.165) is 31.5 Å². The molecule has 0 saturated carbocycles. The maximum Gasteiger partial charge on any atom is 0.166 e. The largest absolute Gasteiger partial charge is 0.378 e. The number of rotatable bonds is 5. The van der Waals surface area contributed by atoms with Gasteiger partial charge in [-0.05, 0) is 38.9 Å². The van der Waals surface area contributed by atoms with Gasteiger partial charge in [-0.1, -0.05) is 0 Å². The minimum atomic E-state index is 0.197. The molecule has 0 bridgehead atoms. The quantitative estimate of drug-likeness (QED) is 0.819. The van der Waals surface area contributed by atoms with Crippen LogP contribution in [0.2, 0.25) is 0 Å². The van der Waals surface area contributed by atoms with Gasteiger partial charge in [0.05, 0.1) is 12.7 Å². The van der Waals surface area contributed by atoms with Crippen molar-refractivity contribution in [1.29, 1.82) is 0 Å². The molecular weight excluding hydrogens is 234 g/mol. The lowest BCUT2D eigenvalue weighted by atomic mass is 10.1. The van der Waals surface area contributed by atoms with Gasteiger partial charge in [-0.25, -0.2) is 0 Å². The van der Waals surface area contributed by atoms with Gasteiger partial charge >= 0.3 is 0 Å². The molecule has 1 fully saturated rings. The molecule has 4 heteroatoms. The maximum atomic E-state index is 11.8. The molecular formula is C13H19NO2S. The molecule has 0 spiro atoms. The number of carbonyl (C=O) groups excluding carboxylic acids is 1. The van der Waals surface area contributed by atoms with Crippen LogP contribution in [0.15, 0.2) is 11.4 Å². The summed E-state index contributed by atoms with van der Waals surface area (Å²) in [5, 5.41) is 5.23. The lowest BCUT2D eigenvalue weighted by Gasteiger charge is -2.22. The van der Waals surface area contributed by atoms with E-state index in [0.29, 0.717) is 19.1 Å². The zero-order valence-electron chi connectivity index (χ0n) is 10.2. The Kier molecular flexibility index (Phi) is 4.71. The van der Waals surface area contributed by atoms with Gasteiger partial charge in [-0.3, -0.25) is 4.79 Å². The standard InChI is InChI=1S/C13H19NO2S/c1-10-8-11(9-17-10)13(15)4-7-16-12-2-5-14-6-3-12/h8-9,12,14H,2-7H2,1H3. The highest BCUT2D eigenvalue weighted by Gasteiger charge is 2.14. The number of piperidine rings is 1. The number of aryl methyl sites for hydroxylation is 1. The Bertz CT molecular complexity index is 369. The first kappa shape index (κ1) is 12.7. The second-order valence-corrected chi connectivity index (χ2v) is 5.55. The fraction of sp³-hybridized carbons (Fsp3) is 0.615. The van der Waals surface area contributed by atoms with Crippen LogP contribution in [0.25, 0.3) is 0 Å². The topological polar surface area (TPSA) is 38.3 Å². The second kappa shape index (κ2) is 6.28. The highest BCUT2D eigenvalue weighted by molar-refractivity contribution is 7.10. The van der Waals surface area contributed by atoms with Crippen molar-refractivity contribution in [2.24, 2.45) is 0 Å². The van der Waals surface area contributed by atoms with Crippen LogP contribution in [0.4, 0.5) is 0 Å². The monoisotopic (exact) mass is 253 g/mol. The Hall–Kier alpha value is -0.710. The van der Waals surface area contributed by atoms with E-state index in [1.807, 2.05) is 18.4 Å². The summed E-state index contributed by atoms with van der Waals surface area (Å²) >= 11 is 1.62. The van der Waals surface area contributed by atoms with Crippen LogP contribution in [0.1, 0.15) is 34.5 Å². The lowest BCUT2D eigenvalue weighted by Crippen LogP contribution is -2.32. The Morgan fingerprint density at radius 3 is 2.94 bits per heavy atom. The molecule has 3 nitrogen and oxygen atoms in total. The zero-order valence-corrected chi connectivity index (χ0v) is 11.0. The van der Waals surface area contributed by atoms with Crippen LogP contribution in [0.5, 0.6) is 0 Å². The third kappa shape index (κ3) is 3.91. The smallest absolute Gasteiger partial charge is 0.166 e. The summed E-state index contributed by atoms with van der Waals surface area (Å²) in [5.41, 5.74) is 0.835. The van der Waals surface area contributed by atoms with E-state index in [-0.39, 0.29) is 5.78 Å². The fourth-order valence-electron chi connectivity index (χ4n) is 2.01. The summed E-state index contributed by atoms with van der Waals surface area (Å²) < 4.78 is 5.72. The molecule has 0 atom stereocenters. The van der Waals surface area contributed by atoms with E-state index in [1.54, 1.807) is 11.3 Å². The molecule has 2 heterocycles. The molecule has 94 valence electrons. The molecule has 2 rings (SSSR count). The van der Waals surface area contributed by atoms with Gasteiger partial charge in [0, 0.05) is 22.2 Å². The van der Waals surface area contributed by atoms with Gasteiger partial charge in [-0.2, -0.15) is 0 Å². The summed E-state index contributed by atoms with van der Waals surface area (Å²) in [6, 6.07) is 1.96. The molecule has 0 radical (unpaired) electrons. The number of hydrogen-bond donors (Lipinski definition) is 1. The van der Waals surface area contributed by atoms with Crippen LogP contribution in [-0.4, -0.2) is 31.6 Å². The zero-order chi connectivity index (χ0) is 12.1. The number of nitrogens with one attached hydrogen (secondary N) is 1. The molecule has 0 unspecified atom stereocenters. The average molecular weight is 253 g/mol. The molecule has 1 aromatic heterocycles. The third-order valence-corrected chi connectivity index (χ3v) is 3.88. The lowest BCUT2D eigenvalue weighted by molar-refractivity contribution is 0.0314. The predicted molar refractivity (Wildman–Crippen MR) is 69.8 cm³/mol. The van der Waals surface area contributed by atoms with Gasteiger partial charge in [-0.15, -0.1) is 11.3 Å². The summed E-state index contributed by atoms with van der Waals surface area (Å²) in [7, 11) is 0. The van der Waals surface area contributed by atoms with Crippen LogP contribution in [0.3, 0.4) is 0 Å². The second-order valence-electron chi connectivity index (χ2n) is 4.44. The summed E-state index contributed by atoms with van der Waals surface area (Å²) in [6.07, 6.45) is 2.96. The summed E-state index contributed by atoms with van der Waals surface area (Å²) in [6.45, 7) is 4.63. The van der Waals surface area contributed by atoms with Gasteiger partial charge in [0.2, 0.25) is 0 Å². The minimum absolute atomic E-state index is 0.197. The normalized spacial score (nSPS) is 17.2. The fourth-order valence-corrected chi connectivity index (χ4v) is 2.72. The van der Waals surface area contributed by atoms with E-state index in [4.69, 9.17) is 4.74 Å². The number of ether oxygens (including phenoxy) is 1. The number of ketones is 1. The van der Waals surface area contributed by atoms with Gasteiger partial charge in [0.1, 0.15) is 0 Å². The number of Topliss-reactive ketones (excluding diaryl/α,β-unsaturated/α-hetero) is 1. The van der Waals surface area contributed by atoms with Crippen molar-refractivity contribution in [3.8, 4) is 0 Å². The first-order valence-corrected chi connectivity index (χ1v) is 7.04. The minimum Gasteiger partial charge on any atom is -0.378 e. The van der Waals surface area contributed by atoms with Crippen LogP contribution in [0, 0.1) is 6.92 Å². The Labute approximate surface area is 106 Å². The van der Waals surface area contributed by atoms with Crippen LogP contribution >= 0.6 is 11.3 Å². The molecule has 1 aliphatic rings. The molecule has 0 aliphatic carbocycles. The Balaban J connectivity index is 1.69. The molecule has 0 amide bonds. The van der Waals surface area contributed by atoms with Crippen molar-refractivity contribution in [3.63, 3.8) is 0 Å². The molecule has 1 saturated heterocycles. The Morgan fingerprint density at radius 2 is 2.29 bits per heavy atom. The highest BCUT2D eigenvalue weighted by atomic mass is 32.1. The van der Waals surface area contributed by atoms with Gasteiger partial charge in [0.15, 0.2) is 5.78 Å². The predicted octanol–water partition coefficient (Wildman–Crippen LogP) is 2.40. The molecule has 1 N–H and O–H groups in total. The van der Waals surface area contributed by atoms with Crippen molar-refractivity contribution < 1.29 is 9.53 Å². The van der Waals surface area contributed by atoms with Gasteiger partial charge in [0.25, 0.3) is 0 Å². The van der Waals surface area contributed by atoms with Crippen molar-refractivity contribution >= 4 is 17.1 Å². The third-order valence-electron chi connectivity index (χ3n) is 3.02. The van der Waals surface area contributed by atoms with Crippen molar-refractivity contribution in [2.75, 3.05) is 19.7 Å². The SMILES string of the molecule is Cc1cc(C(=O)CCOC2CCNCC2)cs1. The highest BCUT2D eigenvalue weighted by Crippen LogP contribution is 2.15. The Morgan fingerprint density at radius 1 is 1.53 bits per heavy atom. The van der Waals surface area contributed by atoms with Crippen molar-refractivity contribution in [1.82, 2.24) is 5.32 Å². The summed E-state index contributed by atoms with van der Waals surface area (Å²) in [5.74, 6) is 0.197. The van der Waals surface area contributed by atoms with E-state index in [9.17, 15) is 4.79 Å². The molecule has 1 aliphatic heterocycles. The van der Waals surface area contributed by atoms with Gasteiger partial charge < -0.3 is 10.1 Å². The molecule has 17 heavy (non-hydrogen) atoms. The van der Waals surface area contributed by atoms with Crippen molar-refractivity contribution in [3.05, 3.63) is 21.9 Å². The maximum absolute atomic E-state index is 11.8. The van der Waals surface area contributed by atoms with E-state index in [2.05, 4.69) is 5.32 Å². The number of thiophene rings is 1. The number of hydrogen-bond acceptors (Lipinski definition) is 4. The first-order chi connectivity index (χ1) is 8.25. The van der Waals surface area contributed by atoms with E-state index >= 15 is 0 Å². The van der Waals surface area contributed by atoms with Crippen LogP contribution < -0.4 is 5.32 Å². The molecule has 1 aromatic rings. The molecule has 0 aromatic carbocycles. The van der Waals surface area contributed by atoms with E-state index in [1.165, 1.54) is 4.88 Å². The average Bonchev–Trinajstić information content (AvgIpc) is 2.77. The number of carbonyl (C=O) groups is 1.